The first-order chi connectivity index (χ1) is 39.4. The van der Waals surface area contributed by atoms with Crippen molar-refractivity contribution in [2.75, 3.05) is 40.9 Å². The molecule has 10 heteroatoms. The van der Waals surface area contributed by atoms with Crippen LogP contribution in [0.2, 0.25) is 0 Å². The van der Waals surface area contributed by atoms with E-state index in [0.29, 0.717) is 17.4 Å². The van der Waals surface area contributed by atoms with Crippen molar-refractivity contribution in [3.63, 3.8) is 0 Å². The van der Waals surface area contributed by atoms with Crippen LogP contribution >= 0.6 is 7.82 Å². The van der Waals surface area contributed by atoms with Gasteiger partial charge in [-0.1, -0.05) is 288 Å². The number of phosphoric acid groups is 1. The molecule has 1 N–H and O–H groups in total. The number of unbranched alkanes of at least 4 members (excludes halogenated alkanes) is 42. The molecular weight excluding hydrogens is 1020 g/mol. The van der Waals surface area contributed by atoms with Crippen LogP contribution in [0.15, 0.2) is 48.6 Å². The predicted octanol–water partition coefficient (Wildman–Crippen LogP) is 21.4. The van der Waals surface area contributed by atoms with Gasteiger partial charge >= 0.3 is 5.97 Å². The number of nitrogens with one attached hydrogen (secondary N) is 1. The number of esters is 1. The molecule has 0 saturated carbocycles. The summed E-state index contributed by atoms with van der Waals surface area (Å²) < 4.78 is 30.4. The molecule has 0 aromatic rings. The summed E-state index contributed by atoms with van der Waals surface area (Å²) in [5, 5.41) is 3.05. The van der Waals surface area contributed by atoms with Gasteiger partial charge in [0, 0.05) is 12.8 Å². The first kappa shape index (κ1) is 79.0. The molecule has 0 aromatic carbocycles. The summed E-state index contributed by atoms with van der Waals surface area (Å²) in [4.78, 5) is 40.2. The number of likely N-dealkylation sites (N-methyl/N-ethyl adjacent to an activating group) is 1. The molecule has 476 valence electrons. The zero-order valence-corrected chi connectivity index (χ0v) is 55.4. The largest absolute Gasteiger partial charge is 0.756 e. The second-order valence-corrected chi connectivity index (χ2v) is 26.4. The Balaban J connectivity index is 5.12. The van der Waals surface area contributed by atoms with Crippen LogP contribution in [0, 0.1) is 0 Å². The Hall–Kier alpha value is -2.03. The summed E-state index contributed by atoms with van der Waals surface area (Å²) in [5.41, 5.74) is 0. The van der Waals surface area contributed by atoms with E-state index in [0.717, 1.165) is 64.2 Å². The van der Waals surface area contributed by atoms with Crippen LogP contribution in [-0.2, 0) is 27.9 Å². The minimum absolute atomic E-state index is 0.0215. The van der Waals surface area contributed by atoms with Gasteiger partial charge in [0.05, 0.1) is 33.8 Å². The molecular formula is C71H135N2O7P. The molecule has 0 aromatic heterocycles. The number of quaternary nitrogens is 1. The number of carbonyl (C=O) groups is 2. The molecule has 1 amide bonds. The molecule has 9 nitrogen and oxygen atoms in total. The molecule has 0 spiro atoms. The quantitative estimate of drug-likeness (QED) is 0.0212. The molecule has 0 aliphatic carbocycles. The van der Waals surface area contributed by atoms with Crippen LogP contribution < -0.4 is 10.2 Å². The molecule has 0 aliphatic rings. The van der Waals surface area contributed by atoms with Gasteiger partial charge in [-0.25, -0.2) is 0 Å². The molecule has 3 unspecified atom stereocenters. The highest BCUT2D eigenvalue weighted by Gasteiger charge is 2.27. The smallest absolute Gasteiger partial charge is 0.306 e. The van der Waals surface area contributed by atoms with Crippen LogP contribution in [0.25, 0.3) is 0 Å². The highest BCUT2D eigenvalue weighted by Crippen LogP contribution is 2.38. The van der Waals surface area contributed by atoms with Gasteiger partial charge in [0.25, 0.3) is 7.82 Å². The first-order valence-electron chi connectivity index (χ1n) is 34.9. The Bertz CT molecular complexity index is 1520. The van der Waals surface area contributed by atoms with E-state index < -0.39 is 20.0 Å². The summed E-state index contributed by atoms with van der Waals surface area (Å²) in [6, 6.07) is -0.889. The highest BCUT2D eigenvalue weighted by atomic mass is 31.2. The van der Waals surface area contributed by atoms with Gasteiger partial charge in [0.2, 0.25) is 5.91 Å². The number of amides is 1. The van der Waals surface area contributed by atoms with Crippen LogP contribution in [0.4, 0.5) is 0 Å². The van der Waals surface area contributed by atoms with Crippen molar-refractivity contribution in [3.05, 3.63) is 48.6 Å². The van der Waals surface area contributed by atoms with E-state index in [2.05, 4.69) is 62.5 Å². The van der Waals surface area contributed by atoms with E-state index in [1.54, 1.807) is 0 Å². The predicted molar refractivity (Wildman–Crippen MR) is 349 cm³/mol. The zero-order chi connectivity index (χ0) is 59.3. The van der Waals surface area contributed by atoms with E-state index in [4.69, 9.17) is 13.8 Å². The van der Waals surface area contributed by atoms with E-state index in [-0.39, 0.29) is 31.5 Å². The molecule has 0 saturated heterocycles. The van der Waals surface area contributed by atoms with Gasteiger partial charge in [-0.2, -0.15) is 0 Å². The molecule has 0 bridgehead atoms. The fourth-order valence-corrected chi connectivity index (χ4v) is 11.0. The minimum atomic E-state index is -4.70. The van der Waals surface area contributed by atoms with Crippen molar-refractivity contribution in [3.8, 4) is 0 Å². The Kier molecular flexibility index (Phi) is 59.5. The Labute approximate surface area is 503 Å². The molecule has 0 heterocycles. The van der Waals surface area contributed by atoms with Crippen LogP contribution in [0.1, 0.15) is 342 Å². The van der Waals surface area contributed by atoms with Gasteiger partial charge in [-0.15, -0.1) is 0 Å². The molecule has 0 rings (SSSR count). The minimum Gasteiger partial charge on any atom is -0.756 e. The van der Waals surface area contributed by atoms with Gasteiger partial charge < -0.3 is 28.5 Å². The normalized spacial score (nSPS) is 13.8. The fourth-order valence-electron chi connectivity index (χ4n) is 10.3. The second kappa shape index (κ2) is 61.1. The average molecular weight is 1160 g/mol. The third-order valence-electron chi connectivity index (χ3n) is 15.7. The van der Waals surface area contributed by atoms with E-state index >= 15 is 0 Å². The molecule has 3 atom stereocenters. The number of carbonyl (C=O) groups excluding carboxylic acids is 2. The standard InChI is InChI=1S/C71H135N2O7P/c1-7-10-13-16-19-22-25-28-30-32-34-35-36-37-39-40-42-45-48-51-54-57-60-63-70(74)72-68(67-79-81(76,77)78-66-65-73(4,5)6)69(62-59-56-53-50-47-44-27-24-21-18-15-12-9-3)80-71(75)64-61-58-55-52-49-46-43-41-38-33-31-29-26-23-20-17-14-11-8-2/h19,22,28-31,59,62,68-69H,7-18,20-21,23-27,32-58,60-61,63-67H2,1-6H3,(H-,72,74,76,77)/b22-19-,30-28-,31-29+,62-59-. The molecule has 0 aliphatic heterocycles. The Morgan fingerprint density at radius 2 is 0.753 bits per heavy atom. The number of ether oxygens (including phenoxy) is 1. The lowest BCUT2D eigenvalue weighted by atomic mass is 10.0. The van der Waals surface area contributed by atoms with Gasteiger partial charge in [0.1, 0.15) is 19.3 Å². The average Bonchev–Trinajstić information content (AvgIpc) is 3.44. The van der Waals surface area contributed by atoms with Gasteiger partial charge in [-0.3, -0.25) is 14.2 Å². The SMILES string of the molecule is CCCCC/C=C\C/C=C\CCCCCCCCCCCCCCCC(=O)NC(COP(=O)([O-])OCC[N+](C)(C)C)C(/C=C\CCCCCCCCCCCCC)OC(=O)CCCCCCCCCCC/C=C/CCCCCCCC. The van der Waals surface area contributed by atoms with Crippen molar-refractivity contribution in [2.45, 2.75) is 354 Å². The number of hydrogen-bond acceptors (Lipinski definition) is 7. The van der Waals surface area contributed by atoms with Crippen molar-refractivity contribution in [1.82, 2.24) is 5.32 Å². The molecule has 81 heavy (non-hydrogen) atoms. The lowest BCUT2D eigenvalue weighted by molar-refractivity contribution is -0.870. The summed E-state index contributed by atoms with van der Waals surface area (Å²) in [6.07, 6.45) is 76.5. The number of rotatable bonds is 64. The summed E-state index contributed by atoms with van der Waals surface area (Å²) >= 11 is 0. The Morgan fingerprint density at radius 3 is 1.15 bits per heavy atom. The second-order valence-electron chi connectivity index (χ2n) is 25.0. The van der Waals surface area contributed by atoms with Crippen molar-refractivity contribution in [1.29, 1.82) is 0 Å². The Morgan fingerprint density at radius 1 is 0.432 bits per heavy atom. The molecule has 0 radical (unpaired) electrons. The maximum atomic E-state index is 13.6. The third-order valence-corrected chi connectivity index (χ3v) is 16.7. The van der Waals surface area contributed by atoms with Gasteiger partial charge in [-0.05, 0) is 89.5 Å². The molecule has 0 fully saturated rings. The van der Waals surface area contributed by atoms with Crippen molar-refractivity contribution < 1.29 is 37.3 Å². The summed E-state index contributed by atoms with van der Waals surface area (Å²) in [7, 11) is 1.19. The number of allylic oxidation sites excluding steroid dienone is 7. The number of phosphoric ester groups is 1. The highest BCUT2D eigenvalue weighted by molar-refractivity contribution is 7.45. The van der Waals surface area contributed by atoms with E-state index in [1.807, 2.05) is 33.3 Å². The first-order valence-corrected chi connectivity index (χ1v) is 36.4. The van der Waals surface area contributed by atoms with Crippen LogP contribution in [0.3, 0.4) is 0 Å². The maximum Gasteiger partial charge on any atom is 0.306 e. The fraction of sp³-hybridized carbons (Fsp3) is 0.859. The number of nitrogens with zero attached hydrogens (tertiary/aromatic N) is 1. The van der Waals surface area contributed by atoms with Crippen LogP contribution in [0.5, 0.6) is 0 Å². The van der Waals surface area contributed by atoms with Crippen molar-refractivity contribution in [2.24, 2.45) is 0 Å². The summed E-state index contributed by atoms with van der Waals surface area (Å²) in [5.74, 6) is -0.529. The summed E-state index contributed by atoms with van der Waals surface area (Å²) in [6.45, 7) is 6.86. The monoisotopic (exact) mass is 1160 g/mol. The maximum absolute atomic E-state index is 13.6. The van der Waals surface area contributed by atoms with E-state index in [1.165, 1.54) is 244 Å². The van der Waals surface area contributed by atoms with Crippen LogP contribution in [-0.4, -0.2) is 69.4 Å². The van der Waals surface area contributed by atoms with Crippen molar-refractivity contribution >= 4 is 19.7 Å². The number of hydrogen-bond donors (Lipinski definition) is 1. The van der Waals surface area contributed by atoms with E-state index in [9.17, 15) is 19.0 Å². The lowest BCUT2D eigenvalue weighted by Gasteiger charge is -2.30. The lowest BCUT2D eigenvalue weighted by Crippen LogP contribution is -2.47. The third kappa shape index (κ3) is 62.3. The van der Waals surface area contributed by atoms with Gasteiger partial charge in [0.15, 0.2) is 0 Å². The topological polar surface area (TPSA) is 114 Å². The zero-order valence-electron chi connectivity index (χ0n) is 54.5.